The van der Waals surface area contributed by atoms with E-state index in [2.05, 4.69) is 47.8 Å². The van der Waals surface area contributed by atoms with Crippen LogP contribution in [0.2, 0.25) is 0 Å². The molecule has 0 aliphatic rings. The van der Waals surface area contributed by atoms with E-state index in [1.807, 2.05) is 24.3 Å². The van der Waals surface area contributed by atoms with E-state index in [4.69, 9.17) is 0 Å². The third kappa shape index (κ3) is 7.89. The average molecular weight is 515 g/mol. The number of benzene rings is 4. The Morgan fingerprint density at radius 1 is 0.684 bits per heavy atom. The standard InChI is InChI=1S/C34H33F3O/c1-2-3-4-5-6-7-25-8-10-26(11-9-25)12-13-28-17-23-32-30(24-28)20-19-29(33(32)35)18-14-27-15-21-31(22-16-27)38-34(36)37/h8-11,15-17,19-24,34H,2-7,12-13H2,1H3. The van der Waals surface area contributed by atoms with Gasteiger partial charge in [0.2, 0.25) is 0 Å². The molecule has 0 saturated heterocycles. The molecule has 196 valence electrons. The first kappa shape index (κ1) is 27.3. The molecule has 0 heterocycles. The quantitative estimate of drug-likeness (QED) is 0.143. The maximum absolute atomic E-state index is 15.1. The summed E-state index contributed by atoms with van der Waals surface area (Å²) >= 11 is 0. The van der Waals surface area contributed by atoms with Crippen LogP contribution in [0.5, 0.6) is 5.75 Å². The van der Waals surface area contributed by atoms with Crippen LogP contribution in [0.1, 0.15) is 66.8 Å². The zero-order valence-corrected chi connectivity index (χ0v) is 21.8. The molecule has 4 aromatic rings. The maximum Gasteiger partial charge on any atom is 0.387 e. The molecule has 4 rings (SSSR count). The Bertz CT molecular complexity index is 1380. The Balaban J connectivity index is 1.36. The lowest BCUT2D eigenvalue weighted by Crippen LogP contribution is -2.01. The van der Waals surface area contributed by atoms with E-state index < -0.39 is 6.61 Å². The van der Waals surface area contributed by atoms with Gasteiger partial charge in [0.15, 0.2) is 0 Å². The van der Waals surface area contributed by atoms with Crippen LogP contribution in [0, 0.1) is 17.7 Å². The molecule has 0 unspecified atom stereocenters. The van der Waals surface area contributed by atoms with Gasteiger partial charge in [0.05, 0.1) is 5.56 Å². The summed E-state index contributed by atoms with van der Waals surface area (Å²) in [5.41, 5.74) is 4.76. The molecule has 0 spiro atoms. The molecule has 0 atom stereocenters. The zero-order valence-electron chi connectivity index (χ0n) is 21.8. The van der Waals surface area contributed by atoms with E-state index in [0.29, 0.717) is 16.5 Å². The molecule has 0 aromatic heterocycles. The summed E-state index contributed by atoms with van der Waals surface area (Å²) in [5, 5.41) is 1.38. The number of rotatable bonds is 11. The normalized spacial score (nSPS) is 11.0. The van der Waals surface area contributed by atoms with Gasteiger partial charge in [-0.1, -0.05) is 93.0 Å². The first-order valence-electron chi connectivity index (χ1n) is 13.4. The second-order valence-electron chi connectivity index (χ2n) is 9.62. The number of halogens is 3. The van der Waals surface area contributed by atoms with Gasteiger partial charge in [-0.3, -0.25) is 0 Å². The van der Waals surface area contributed by atoms with E-state index >= 15 is 4.39 Å². The molecule has 0 bridgehead atoms. The predicted octanol–water partition coefficient (Wildman–Crippen LogP) is 9.28. The summed E-state index contributed by atoms with van der Waals surface area (Å²) in [7, 11) is 0. The van der Waals surface area contributed by atoms with Gasteiger partial charge in [-0.15, -0.1) is 0 Å². The Labute approximate surface area is 223 Å². The second-order valence-corrected chi connectivity index (χ2v) is 9.62. The summed E-state index contributed by atoms with van der Waals surface area (Å²) in [4.78, 5) is 0. The van der Waals surface area contributed by atoms with Crippen LogP contribution in [-0.2, 0) is 19.3 Å². The molecule has 0 aliphatic heterocycles. The van der Waals surface area contributed by atoms with Crippen LogP contribution >= 0.6 is 0 Å². The van der Waals surface area contributed by atoms with E-state index in [-0.39, 0.29) is 11.6 Å². The van der Waals surface area contributed by atoms with Gasteiger partial charge in [0, 0.05) is 10.9 Å². The fourth-order valence-electron chi connectivity index (χ4n) is 4.55. The summed E-state index contributed by atoms with van der Waals surface area (Å²) in [6, 6.07) is 24.3. The molecule has 4 heteroatoms. The third-order valence-corrected chi connectivity index (χ3v) is 6.73. The number of alkyl halides is 2. The van der Waals surface area contributed by atoms with Crippen LogP contribution in [0.3, 0.4) is 0 Å². The van der Waals surface area contributed by atoms with Crippen LogP contribution in [0.15, 0.2) is 78.9 Å². The van der Waals surface area contributed by atoms with E-state index in [1.165, 1.54) is 60.9 Å². The third-order valence-electron chi connectivity index (χ3n) is 6.73. The highest BCUT2D eigenvalue weighted by Gasteiger charge is 2.08. The van der Waals surface area contributed by atoms with Crippen LogP contribution in [-0.4, -0.2) is 6.61 Å². The number of aryl methyl sites for hydroxylation is 3. The fourth-order valence-corrected chi connectivity index (χ4v) is 4.55. The van der Waals surface area contributed by atoms with Crippen molar-refractivity contribution in [3.8, 4) is 17.6 Å². The Kier molecular flexibility index (Phi) is 9.87. The summed E-state index contributed by atoms with van der Waals surface area (Å²) in [6.45, 7) is -0.633. The molecule has 0 N–H and O–H groups in total. The molecular formula is C34H33F3O. The molecule has 38 heavy (non-hydrogen) atoms. The molecule has 1 nitrogen and oxygen atoms in total. The maximum atomic E-state index is 15.1. The smallest absolute Gasteiger partial charge is 0.387 e. The lowest BCUT2D eigenvalue weighted by atomic mass is 9.98. The minimum atomic E-state index is -2.87. The van der Waals surface area contributed by atoms with Crippen LogP contribution in [0.4, 0.5) is 13.2 Å². The van der Waals surface area contributed by atoms with Crippen molar-refractivity contribution >= 4 is 10.8 Å². The van der Waals surface area contributed by atoms with Crippen molar-refractivity contribution in [2.45, 2.75) is 64.9 Å². The SMILES string of the molecule is CCCCCCCc1ccc(CCc2ccc3c(F)c(C#Cc4ccc(OC(F)F)cc4)ccc3c2)cc1. The summed E-state index contributed by atoms with van der Waals surface area (Å²) in [5.74, 6) is 5.44. The van der Waals surface area contributed by atoms with Gasteiger partial charge in [-0.05, 0) is 78.1 Å². The van der Waals surface area contributed by atoms with Crippen LogP contribution in [0.25, 0.3) is 10.8 Å². The summed E-state index contributed by atoms with van der Waals surface area (Å²) in [6.07, 6.45) is 9.48. The van der Waals surface area contributed by atoms with Gasteiger partial charge in [-0.25, -0.2) is 4.39 Å². The van der Waals surface area contributed by atoms with Gasteiger partial charge in [-0.2, -0.15) is 8.78 Å². The zero-order chi connectivity index (χ0) is 26.7. The number of ether oxygens (including phenoxy) is 1. The van der Waals surface area contributed by atoms with Crippen LogP contribution < -0.4 is 4.74 Å². The van der Waals surface area contributed by atoms with Gasteiger partial charge in [0.25, 0.3) is 0 Å². The van der Waals surface area contributed by atoms with Gasteiger partial charge < -0.3 is 4.74 Å². The number of hydrogen-bond donors (Lipinski definition) is 0. The van der Waals surface area contributed by atoms with Crippen molar-refractivity contribution in [3.63, 3.8) is 0 Å². The first-order chi connectivity index (χ1) is 18.5. The van der Waals surface area contributed by atoms with Crippen molar-refractivity contribution in [1.82, 2.24) is 0 Å². The van der Waals surface area contributed by atoms with Crippen molar-refractivity contribution in [1.29, 1.82) is 0 Å². The molecule has 0 saturated carbocycles. The van der Waals surface area contributed by atoms with E-state index in [9.17, 15) is 8.78 Å². The predicted molar refractivity (Wildman–Crippen MR) is 149 cm³/mol. The highest BCUT2D eigenvalue weighted by molar-refractivity contribution is 5.85. The fraction of sp³-hybridized carbons (Fsp3) is 0.294. The number of hydrogen-bond acceptors (Lipinski definition) is 1. The van der Waals surface area contributed by atoms with Crippen molar-refractivity contribution in [2.24, 2.45) is 0 Å². The molecule has 0 aliphatic carbocycles. The molecule has 4 aromatic carbocycles. The summed E-state index contributed by atoms with van der Waals surface area (Å²) < 4.78 is 44.1. The minimum Gasteiger partial charge on any atom is -0.435 e. The second kappa shape index (κ2) is 13.7. The van der Waals surface area contributed by atoms with E-state index in [1.54, 1.807) is 18.2 Å². The van der Waals surface area contributed by atoms with Crippen molar-refractivity contribution in [3.05, 3.63) is 112 Å². The molecular weight excluding hydrogens is 481 g/mol. The van der Waals surface area contributed by atoms with Gasteiger partial charge in [0.1, 0.15) is 11.6 Å². The Morgan fingerprint density at radius 3 is 2.05 bits per heavy atom. The Hall–Kier alpha value is -3.71. The largest absolute Gasteiger partial charge is 0.435 e. The van der Waals surface area contributed by atoms with Gasteiger partial charge >= 0.3 is 6.61 Å². The monoisotopic (exact) mass is 514 g/mol. The van der Waals surface area contributed by atoms with Crippen molar-refractivity contribution < 1.29 is 17.9 Å². The molecule has 0 radical (unpaired) electrons. The van der Waals surface area contributed by atoms with E-state index in [0.717, 1.165) is 24.6 Å². The van der Waals surface area contributed by atoms with Crippen molar-refractivity contribution in [2.75, 3.05) is 0 Å². The highest BCUT2D eigenvalue weighted by atomic mass is 19.3. The molecule has 0 fully saturated rings. The Morgan fingerprint density at radius 2 is 1.34 bits per heavy atom. The minimum absolute atomic E-state index is 0.0587. The average Bonchev–Trinajstić information content (AvgIpc) is 2.92. The lowest BCUT2D eigenvalue weighted by Gasteiger charge is -2.07. The highest BCUT2D eigenvalue weighted by Crippen LogP contribution is 2.23. The number of fused-ring (bicyclic) bond motifs is 1. The number of unbranched alkanes of at least 4 members (excludes halogenated alkanes) is 4. The molecule has 0 amide bonds. The topological polar surface area (TPSA) is 9.23 Å². The first-order valence-corrected chi connectivity index (χ1v) is 13.4. The lowest BCUT2D eigenvalue weighted by molar-refractivity contribution is -0.0498.